The summed E-state index contributed by atoms with van der Waals surface area (Å²) in [5.74, 6) is 2.17. The van der Waals surface area contributed by atoms with Crippen molar-refractivity contribution in [1.29, 1.82) is 0 Å². The molecule has 1 aliphatic rings. The number of benzene rings is 1. The van der Waals surface area contributed by atoms with Crippen molar-refractivity contribution in [2.45, 2.75) is 38.3 Å². The summed E-state index contributed by atoms with van der Waals surface area (Å²) in [6, 6.07) is 6.27. The number of rotatable bonds is 7. The second kappa shape index (κ2) is 6.66. The van der Waals surface area contributed by atoms with Crippen LogP contribution in [0.3, 0.4) is 0 Å². The highest BCUT2D eigenvalue weighted by Crippen LogP contribution is 2.39. The first-order valence-electron chi connectivity index (χ1n) is 6.89. The molecule has 1 aliphatic carbocycles. The fourth-order valence-electron chi connectivity index (χ4n) is 2.28. The Labute approximate surface area is 115 Å². The van der Waals surface area contributed by atoms with E-state index < -0.39 is 0 Å². The molecule has 106 valence electrons. The fourth-order valence-corrected chi connectivity index (χ4v) is 2.28. The monoisotopic (exact) mass is 265 g/mol. The van der Waals surface area contributed by atoms with Crippen LogP contribution in [0.1, 0.15) is 26.2 Å². The molecule has 1 N–H and O–H groups in total. The lowest BCUT2D eigenvalue weighted by atomic mass is 9.89. The van der Waals surface area contributed by atoms with Gasteiger partial charge in [0.2, 0.25) is 5.75 Å². The summed E-state index contributed by atoms with van der Waals surface area (Å²) in [5, 5.41) is 3.50. The minimum Gasteiger partial charge on any atom is -0.493 e. The van der Waals surface area contributed by atoms with Crippen LogP contribution in [0.25, 0.3) is 0 Å². The SMILES string of the molecule is CCCNC1CC(Oc2c(OC)cccc2OC)C1. The van der Waals surface area contributed by atoms with Crippen molar-refractivity contribution < 1.29 is 14.2 Å². The Kier molecular flexibility index (Phi) is 4.91. The predicted molar refractivity (Wildman–Crippen MR) is 75.3 cm³/mol. The van der Waals surface area contributed by atoms with Gasteiger partial charge in [-0.05, 0) is 37.9 Å². The van der Waals surface area contributed by atoms with Crippen LogP contribution in [-0.2, 0) is 0 Å². The first-order valence-corrected chi connectivity index (χ1v) is 6.89. The van der Waals surface area contributed by atoms with Crippen LogP contribution in [0.15, 0.2) is 18.2 Å². The van der Waals surface area contributed by atoms with Gasteiger partial charge in [-0.1, -0.05) is 13.0 Å². The zero-order valence-electron chi connectivity index (χ0n) is 11.9. The van der Waals surface area contributed by atoms with Crippen molar-refractivity contribution in [2.75, 3.05) is 20.8 Å². The fraction of sp³-hybridized carbons (Fsp3) is 0.600. The number of nitrogens with one attached hydrogen (secondary N) is 1. The third-order valence-corrected chi connectivity index (χ3v) is 3.44. The zero-order valence-corrected chi connectivity index (χ0v) is 11.9. The maximum atomic E-state index is 6.01. The smallest absolute Gasteiger partial charge is 0.203 e. The molecule has 4 nitrogen and oxygen atoms in total. The van der Waals surface area contributed by atoms with Gasteiger partial charge in [0.1, 0.15) is 6.10 Å². The van der Waals surface area contributed by atoms with E-state index in [1.807, 2.05) is 18.2 Å². The highest BCUT2D eigenvalue weighted by atomic mass is 16.5. The molecule has 0 aliphatic heterocycles. The molecular weight excluding hydrogens is 242 g/mol. The second-order valence-electron chi connectivity index (χ2n) is 4.85. The molecule has 1 saturated carbocycles. The van der Waals surface area contributed by atoms with E-state index in [1.54, 1.807) is 14.2 Å². The molecule has 0 radical (unpaired) electrons. The normalized spacial score (nSPS) is 21.6. The molecule has 1 aromatic carbocycles. The molecular formula is C15H23NO3. The largest absolute Gasteiger partial charge is 0.493 e. The molecule has 0 amide bonds. The Balaban J connectivity index is 1.93. The van der Waals surface area contributed by atoms with Gasteiger partial charge < -0.3 is 19.5 Å². The molecule has 4 heteroatoms. The van der Waals surface area contributed by atoms with E-state index in [-0.39, 0.29) is 6.10 Å². The molecule has 2 rings (SSSR count). The van der Waals surface area contributed by atoms with Crippen LogP contribution in [0.2, 0.25) is 0 Å². The van der Waals surface area contributed by atoms with E-state index in [0.29, 0.717) is 11.8 Å². The van der Waals surface area contributed by atoms with Gasteiger partial charge in [0.15, 0.2) is 11.5 Å². The maximum absolute atomic E-state index is 6.01. The molecule has 19 heavy (non-hydrogen) atoms. The summed E-state index contributed by atoms with van der Waals surface area (Å²) in [6.45, 7) is 3.26. The first kappa shape index (κ1) is 14.0. The lowest BCUT2D eigenvalue weighted by Gasteiger charge is -2.36. The predicted octanol–water partition coefficient (Wildman–Crippen LogP) is 2.61. The first-order chi connectivity index (χ1) is 9.28. The number of hydrogen-bond donors (Lipinski definition) is 1. The van der Waals surface area contributed by atoms with Gasteiger partial charge >= 0.3 is 0 Å². The summed E-state index contributed by atoms with van der Waals surface area (Å²) < 4.78 is 16.7. The zero-order chi connectivity index (χ0) is 13.7. The van der Waals surface area contributed by atoms with Crippen molar-refractivity contribution in [2.24, 2.45) is 0 Å². The molecule has 0 unspecified atom stereocenters. The maximum Gasteiger partial charge on any atom is 0.203 e. The Bertz CT molecular complexity index is 380. The van der Waals surface area contributed by atoms with Crippen LogP contribution >= 0.6 is 0 Å². The lowest BCUT2D eigenvalue weighted by molar-refractivity contribution is 0.0792. The summed E-state index contributed by atoms with van der Waals surface area (Å²) >= 11 is 0. The van der Waals surface area contributed by atoms with Gasteiger partial charge in [-0.3, -0.25) is 0 Å². The highest BCUT2D eigenvalue weighted by molar-refractivity contribution is 5.51. The third kappa shape index (κ3) is 3.32. The van der Waals surface area contributed by atoms with Gasteiger partial charge in [0, 0.05) is 6.04 Å². The standard InChI is InChI=1S/C15H23NO3/c1-4-8-16-11-9-12(10-11)19-15-13(17-2)6-5-7-14(15)18-3/h5-7,11-12,16H,4,8-10H2,1-3H3. The van der Waals surface area contributed by atoms with Crippen molar-refractivity contribution >= 4 is 0 Å². The minimum atomic E-state index is 0.250. The van der Waals surface area contributed by atoms with Gasteiger partial charge in [-0.25, -0.2) is 0 Å². The Morgan fingerprint density at radius 3 is 2.32 bits per heavy atom. The van der Waals surface area contributed by atoms with E-state index in [0.717, 1.165) is 30.9 Å². The van der Waals surface area contributed by atoms with E-state index in [1.165, 1.54) is 6.42 Å². The summed E-state index contributed by atoms with van der Waals surface area (Å²) in [6.07, 6.45) is 3.50. The van der Waals surface area contributed by atoms with Gasteiger partial charge in [0.05, 0.1) is 14.2 Å². The average Bonchev–Trinajstić information content (AvgIpc) is 2.40. The molecule has 0 bridgehead atoms. The Morgan fingerprint density at radius 2 is 1.79 bits per heavy atom. The van der Waals surface area contributed by atoms with Crippen LogP contribution < -0.4 is 19.5 Å². The third-order valence-electron chi connectivity index (χ3n) is 3.44. The van der Waals surface area contributed by atoms with E-state index >= 15 is 0 Å². The molecule has 0 spiro atoms. The summed E-state index contributed by atoms with van der Waals surface area (Å²) in [7, 11) is 3.29. The summed E-state index contributed by atoms with van der Waals surface area (Å²) in [5.41, 5.74) is 0. The van der Waals surface area contributed by atoms with E-state index in [9.17, 15) is 0 Å². The van der Waals surface area contributed by atoms with Gasteiger partial charge in [-0.2, -0.15) is 0 Å². The number of para-hydroxylation sites is 1. The van der Waals surface area contributed by atoms with Crippen LogP contribution in [0.5, 0.6) is 17.2 Å². The number of hydrogen-bond acceptors (Lipinski definition) is 4. The van der Waals surface area contributed by atoms with Crippen molar-refractivity contribution in [3.05, 3.63) is 18.2 Å². The Hall–Kier alpha value is -1.42. The molecule has 0 aromatic heterocycles. The number of ether oxygens (including phenoxy) is 3. The van der Waals surface area contributed by atoms with E-state index in [2.05, 4.69) is 12.2 Å². The molecule has 0 saturated heterocycles. The van der Waals surface area contributed by atoms with Crippen molar-refractivity contribution in [3.63, 3.8) is 0 Å². The molecule has 1 fully saturated rings. The number of methoxy groups -OCH3 is 2. The summed E-state index contributed by atoms with van der Waals surface area (Å²) in [4.78, 5) is 0. The van der Waals surface area contributed by atoms with Gasteiger partial charge in [0.25, 0.3) is 0 Å². The quantitative estimate of drug-likeness (QED) is 0.822. The highest BCUT2D eigenvalue weighted by Gasteiger charge is 2.31. The van der Waals surface area contributed by atoms with Gasteiger partial charge in [-0.15, -0.1) is 0 Å². The van der Waals surface area contributed by atoms with Crippen LogP contribution in [0, 0.1) is 0 Å². The Morgan fingerprint density at radius 1 is 1.16 bits per heavy atom. The lowest BCUT2D eigenvalue weighted by Crippen LogP contribution is -2.47. The second-order valence-corrected chi connectivity index (χ2v) is 4.85. The minimum absolute atomic E-state index is 0.250. The van der Waals surface area contributed by atoms with Crippen molar-refractivity contribution in [1.82, 2.24) is 5.32 Å². The molecule has 0 heterocycles. The van der Waals surface area contributed by atoms with Crippen molar-refractivity contribution in [3.8, 4) is 17.2 Å². The van der Waals surface area contributed by atoms with Crippen LogP contribution in [0.4, 0.5) is 0 Å². The average molecular weight is 265 g/mol. The topological polar surface area (TPSA) is 39.7 Å². The van der Waals surface area contributed by atoms with Crippen LogP contribution in [-0.4, -0.2) is 32.9 Å². The molecule has 0 atom stereocenters. The molecule has 1 aromatic rings. The van der Waals surface area contributed by atoms with E-state index in [4.69, 9.17) is 14.2 Å².